The summed E-state index contributed by atoms with van der Waals surface area (Å²) in [7, 11) is 0. The lowest BCUT2D eigenvalue weighted by Gasteiger charge is -2.32. The Kier molecular flexibility index (Phi) is 6.17. The summed E-state index contributed by atoms with van der Waals surface area (Å²) in [6, 6.07) is 0. The van der Waals surface area contributed by atoms with E-state index in [9.17, 15) is 0 Å². The monoisotopic (exact) mass is 216 g/mol. The van der Waals surface area contributed by atoms with Gasteiger partial charge in [-0.05, 0) is 12.5 Å². The molecule has 1 aliphatic heterocycles. The third-order valence-electron chi connectivity index (χ3n) is 2.50. The molecule has 1 aliphatic rings. The fourth-order valence-electron chi connectivity index (χ4n) is 1.57. The molecule has 0 spiro atoms. The normalized spacial score (nSPS) is 23.6. The molecule has 1 saturated heterocycles. The molecule has 0 saturated carbocycles. The van der Waals surface area contributed by atoms with Gasteiger partial charge in [-0.2, -0.15) is 5.48 Å². The van der Waals surface area contributed by atoms with E-state index in [4.69, 9.17) is 9.57 Å². The maximum Gasteiger partial charge on any atom is 0.0849 e. The highest BCUT2D eigenvalue weighted by Crippen LogP contribution is 2.03. The zero-order valence-corrected chi connectivity index (χ0v) is 10.2. The van der Waals surface area contributed by atoms with Crippen LogP contribution in [0.1, 0.15) is 20.8 Å². The number of rotatable bonds is 6. The van der Waals surface area contributed by atoms with Gasteiger partial charge in [0.2, 0.25) is 0 Å². The van der Waals surface area contributed by atoms with Crippen LogP contribution in [0.3, 0.4) is 0 Å². The van der Waals surface area contributed by atoms with Gasteiger partial charge >= 0.3 is 0 Å². The Balaban J connectivity index is 2.05. The van der Waals surface area contributed by atoms with Gasteiger partial charge in [0.1, 0.15) is 0 Å². The van der Waals surface area contributed by atoms with Crippen molar-refractivity contribution in [3.05, 3.63) is 0 Å². The minimum atomic E-state index is 0.269. The molecule has 4 nitrogen and oxygen atoms in total. The third-order valence-corrected chi connectivity index (χ3v) is 2.50. The molecule has 1 unspecified atom stereocenters. The van der Waals surface area contributed by atoms with Crippen molar-refractivity contribution in [1.82, 2.24) is 10.4 Å². The van der Waals surface area contributed by atoms with E-state index in [2.05, 4.69) is 31.2 Å². The van der Waals surface area contributed by atoms with Gasteiger partial charge < -0.3 is 9.57 Å². The fraction of sp³-hybridized carbons (Fsp3) is 1.00. The van der Waals surface area contributed by atoms with Gasteiger partial charge in [-0.1, -0.05) is 20.8 Å². The average molecular weight is 216 g/mol. The van der Waals surface area contributed by atoms with Crippen LogP contribution in [0.15, 0.2) is 0 Å². The Morgan fingerprint density at radius 3 is 3.00 bits per heavy atom. The first kappa shape index (κ1) is 12.9. The Hall–Kier alpha value is -0.160. The van der Waals surface area contributed by atoms with E-state index in [1.807, 2.05) is 0 Å². The summed E-state index contributed by atoms with van der Waals surface area (Å²) in [5, 5.41) is 0. The molecule has 1 rings (SSSR count). The van der Waals surface area contributed by atoms with Crippen LogP contribution in [0.4, 0.5) is 0 Å². The maximum absolute atomic E-state index is 5.63. The van der Waals surface area contributed by atoms with Crippen molar-refractivity contribution in [1.29, 1.82) is 0 Å². The van der Waals surface area contributed by atoms with Crippen molar-refractivity contribution in [3.8, 4) is 0 Å². The van der Waals surface area contributed by atoms with Crippen LogP contribution in [0, 0.1) is 5.92 Å². The number of hydrogen-bond donors (Lipinski definition) is 1. The third kappa shape index (κ3) is 5.47. The van der Waals surface area contributed by atoms with Gasteiger partial charge in [-0.3, -0.25) is 4.90 Å². The molecule has 0 aliphatic carbocycles. The van der Waals surface area contributed by atoms with Crippen molar-refractivity contribution in [2.75, 3.05) is 39.4 Å². The smallest absolute Gasteiger partial charge is 0.0849 e. The van der Waals surface area contributed by atoms with Gasteiger partial charge in [0.05, 0.1) is 19.3 Å². The number of likely N-dealkylation sites (N-methyl/N-ethyl adjacent to an activating group) is 1. The minimum absolute atomic E-state index is 0.269. The number of morpholine rings is 1. The number of ether oxygens (including phenoxy) is 1. The molecule has 0 bridgehead atoms. The highest BCUT2D eigenvalue weighted by atomic mass is 16.6. The van der Waals surface area contributed by atoms with E-state index in [1.54, 1.807) is 0 Å². The summed E-state index contributed by atoms with van der Waals surface area (Å²) in [6.45, 7) is 12.0. The summed E-state index contributed by atoms with van der Waals surface area (Å²) < 4.78 is 5.63. The van der Waals surface area contributed by atoms with Crippen LogP contribution >= 0.6 is 0 Å². The van der Waals surface area contributed by atoms with Crippen molar-refractivity contribution >= 4 is 0 Å². The molecule has 0 aromatic heterocycles. The molecule has 90 valence electrons. The van der Waals surface area contributed by atoms with E-state index in [0.717, 1.165) is 39.4 Å². The van der Waals surface area contributed by atoms with E-state index >= 15 is 0 Å². The first-order valence-electron chi connectivity index (χ1n) is 5.91. The van der Waals surface area contributed by atoms with E-state index in [1.165, 1.54) is 0 Å². The number of hydrogen-bond acceptors (Lipinski definition) is 4. The van der Waals surface area contributed by atoms with Gasteiger partial charge in [0, 0.05) is 19.6 Å². The minimum Gasteiger partial charge on any atom is -0.374 e. The summed E-state index contributed by atoms with van der Waals surface area (Å²) in [5.41, 5.74) is 2.98. The van der Waals surface area contributed by atoms with Crippen LogP contribution < -0.4 is 5.48 Å². The second-order valence-electron chi connectivity index (χ2n) is 4.44. The van der Waals surface area contributed by atoms with Gasteiger partial charge in [0.25, 0.3) is 0 Å². The van der Waals surface area contributed by atoms with Crippen LogP contribution in [0.25, 0.3) is 0 Å². The molecule has 4 heteroatoms. The molecule has 0 radical (unpaired) electrons. The summed E-state index contributed by atoms with van der Waals surface area (Å²) >= 11 is 0. The quantitative estimate of drug-likeness (QED) is 0.528. The molecule has 1 atom stereocenters. The topological polar surface area (TPSA) is 33.7 Å². The summed E-state index contributed by atoms with van der Waals surface area (Å²) in [4.78, 5) is 7.72. The van der Waals surface area contributed by atoms with Crippen molar-refractivity contribution < 1.29 is 9.57 Å². The first-order valence-corrected chi connectivity index (χ1v) is 5.91. The Morgan fingerprint density at radius 2 is 2.33 bits per heavy atom. The molecular weight excluding hydrogens is 192 g/mol. The predicted molar refractivity (Wildman–Crippen MR) is 60.6 cm³/mol. The van der Waals surface area contributed by atoms with E-state index in [-0.39, 0.29) is 6.10 Å². The zero-order valence-electron chi connectivity index (χ0n) is 10.2. The van der Waals surface area contributed by atoms with Crippen LogP contribution in [0.2, 0.25) is 0 Å². The Morgan fingerprint density at radius 1 is 1.53 bits per heavy atom. The first-order chi connectivity index (χ1) is 7.22. The van der Waals surface area contributed by atoms with Crippen molar-refractivity contribution in [2.24, 2.45) is 5.92 Å². The lowest BCUT2D eigenvalue weighted by molar-refractivity contribution is -0.0588. The largest absolute Gasteiger partial charge is 0.374 e. The van der Waals surface area contributed by atoms with Crippen molar-refractivity contribution in [2.45, 2.75) is 26.9 Å². The summed E-state index contributed by atoms with van der Waals surface area (Å²) in [6.07, 6.45) is 0.269. The zero-order chi connectivity index (χ0) is 11.1. The van der Waals surface area contributed by atoms with Crippen LogP contribution in [-0.2, 0) is 9.57 Å². The maximum atomic E-state index is 5.63. The molecule has 1 fully saturated rings. The number of hydroxylamine groups is 1. The number of nitrogens with zero attached hydrogens (tertiary/aromatic N) is 1. The Bertz CT molecular complexity index is 165. The number of nitrogens with one attached hydrogen (secondary N) is 1. The lowest BCUT2D eigenvalue weighted by atomic mass is 10.2. The second kappa shape index (κ2) is 7.17. The van der Waals surface area contributed by atoms with Crippen molar-refractivity contribution in [3.63, 3.8) is 0 Å². The fourth-order valence-corrected chi connectivity index (χ4v) is 1.57. The standard InChI is InChI=1S/C11H24N2O2/c1-4-13-5-6-14-11(8-13)7-12-15-9-10(2)3/h10-12H,4-9H2,1-3H3. The van der Waals surface area contributed by atoms with Crippen LogP contribution in [-0.4, -0.2) is 50.4 Å². The van der Waals surface area contributed by atoms with E-state index in [0.29, 0.717) is 5.92 Å². The highest BCUT2D eigenvalue weighted by Gasteiger charge is 2.18. The molecule has 0 aromatic rings. The summed E-state index contributed by atoms with van der Waals surface area (Å²) in [5.74, 6) is 0.567. The molecule has 0 aromatic carbocycles. The van der Waals surface area contributed by atoms with E-state index < -0.39 is 0 Å². The highest BCUT2D eigenvalue weighted by molar-refractivity contribution is 4.70. The van der Waals surface area contributed by atoms with Gasteiger partial charge in [0.15, 0.2) is 0 Å². The lowest BCUT2D eigenvalue weighted by Crippen LogP contribution is -2.46. The Labute approximate surface area is 92.9 Å². The molecule has 15 heavy (non-hydrogen) atoms. The van der Waals surface area contributed by atoms with Crippen LogP contribution in [0.5, 0.6) is 0 Å². The second-order valence-corrected chi connectivity index (χ2v) is 4.44. The molecule has 0 amide bonds. The average Bonchev–Trinajstić information content (AvgIpc) is 2.24. The van der Waals surface area contributed by atoms with Gasteiger partial charge in [-0.25, -0.2) is 0 Å². The molecule has 1 N–H and O–H groups in total. The van der Waals surface area contributed by atoms with Gasteiger partial charge in [-0.15, -0.1) is 0 Å². The predicted octanol–water partition coefficient (Wildman–Crippen LogP) is 0.884. The SMILES string of the molecule is CCN1CCOC(CNOCC(C)C)C1. The molecule has 1 heterocycles. The molecular formula is C11H24N2O2.